The Morgan fingerprint density at radius 3 is 2.51 bits per heavy atom. The van der Waals surface area contributed by atoms with Gasteiger partial charge < -0.3 is 23.8 Å². The molecule has 3 aromatic heterocycles. The number of likely N-dealkylation sites (N-methyl/N-ethyl adjacent to an activating group) is 1. The molecule has 0 radical (unpaired) electrons. The molecule has 10 nitrogen and oxygen atoms in total. The van der Waals surface area contributed by atoms with Crippen molar-refractivity contribution in [2.24, 2.45) is 7.05 Å². The number of hydrogen-bond donors (Lipinski definition) is 0. The van der Waals surface area contributed by atoms with Gasteiger partial charge in [-0.3, -0.25) is 0 Å². The second kappa shape index (κ2) is 9.86. The molecular weight excluding hydrogens is 568 g/mol. The molecule has 2 fully saturated rings. The van der Waals surface area contributed by atoms with Crippen LogP contribution in [-0.4, -0.2) is 68.9 Å². The molecule has 43 heavy (non-hydrogen) atoms. The zero-order valence-corrected chi connectivity index (χ0v) is 23.7. The highest BCUT2D eigenvalue weighted by atomic mass is 19.4. The van der Waals surface area contributed by atoms with Crippen molar-refractivity contribution in [1.29, 1.82) is 0 Å². The van der Waals surface area contributed by atoms with Gasteiger partial charge in [0.15, 0.2) is 17.3 Å². The van der Waals surface area contributed by atoms with E-state index in [2.05, 4.69) is 24.8 Å². The zero-order chi connectivity index (χ0) is 30.1. The average molecular weight is 597 g/mol. The van der Waals surface area contributed by atoms with Crippen molar-refractivity contribution in [3.05, 3.63) is 59.7 Å². The highest BCUT2D eigenvalue weighted by molar-refractivity contribution is 5.75. The molecule has 4 aromatic rings. The molecule has 1 aliphatic carbocycles. The highest BCUT2D eigenvalue weighted by Gasteiger charge is 2.50. The largest absolute Gasteiger partial charge is 0.480 e. The van der Waals surface area contributed by atoms with Crippen LogP contribution in [0, 0.1) is 5.82 Å². The Morgan fingerprint density at radius 2 is 1.88 bits per heavy atom. The molecule has 7 rings (SSSR count). The van der Waals surface area contributed by atoms with Gasteiger partial charge in [-0.05, 0) is 30.5 Å². The van der Waals surface area contributed by atoms with Gasteiger partial charge in [0.05, 0.1) is 43.5 Å². The van der Waals surface area contributed by atoms with E-state index in [1.54, 1.807) is 19.4 Å². The molecule has 0 bridgehead atoms. The summed E-state index contributed by atoms with van der Waals surface area (Å²) < 4.78 is 67.5. The number of fused-ring (bicyclic) bond motifs is 1. The molecule has 5 heterocycles. The lowest BCUT2D eigenvalue weighted by atomic mass is 9.90. The van der Waals surface area contributed by atoms with Crippen molar-refractivity contribution in [1.82, 2.24) is 29.5 Å². The number of aryl methyl sites for hydroxylation is 1. The topological polar surface area (TPSA) is 94.3 Å². The number of ether oxygens (including phenoxy) is 2. The summed E-state index contributed by atoms with van der Waals surface area (Å²) in [5, 5.41) is 0. The first-order valence-corrected chi connectivity index (χ1v) is 13.8. The Morgan fingerprint density at radius 1 is 1.09 bits per heavy atom. The van der Waals surface area contributed by atoms with E-state index in [1.165, 1.54) is 30.1 Å². The van der Waals surface area contributed by atoms with Crippen LogP contribution in [0.25, 0.3) is 22.8 Å². The first-order chi connectivity index (χ1) is 20.6. The molecule has 0 atom stereocenters. The summed E-state index contributed by atoms with van der Waals surface area (Å²) in [4.78, 5) is 26.4. The van der Waals surface area contributed by atoms with Crippen LogP contribution < -0.4 is 14.5 Å². The minimum Gasteiger partial charge on any atom is -0.480 e. The summed E-state index contributed by atoms with van der Waals surface area (Å²) in [6, 6.07) is 4.50. The fraction of sp³-hybridized carbons (Fsp3) is 0.414. The quantitative estimate of drug-likeness (QED) is 0.296. The predicted octanol–water partition coefficient (Wildman–Crippen LogP) is 4.60. The smallest absolute Gasteiger partial charge is 0.434 e. The Hall–Kier alpha value is -4.33. The Kier molecular flexibility index (Phi) is 6.31. The van der Waals surface area contributed by atoms with Gasteiger partial charge in [-0.25, -0.2) is 29.3 Å². The number of aromatic nitrogens is 6. The third-order valence-electron chi connectivity index (χ3n) is 8.27. The summed E-state index contributed by atoms with van der Waals surface area (Å²) in [6.07, 6.45) is 1.51. The van der Waals surface area contributed by atoms with Crippen LogP contribution in [0.1, 0.15) is 35.7 Å². The first-order valence-electron chi connectivity index (χ1n) is 13.8. The van der Waals surface area contributed by atoms with Crippen LogP contribution in [0.2, 0.25) is 0 Å². The van der Waals surface area contributed by atoms with Gasteiger partial charge in [0.2, 0.25) is 5.88 Å². The maximum Gasteiger partial charge on any atom is 0.434 e. The van der Waals surface area contributed by atoms with Crippen molar-refractivity contribution < 1.29 is 27.0 Å². The molecule has 1 saturated carbocycles. The fourth-order valence-electron chi connectivity index (χ4n) is 5.91. The summed E-state index contributed by atoms with van der Waals surface area (Å²) in [5.74, 6) is 1.01. The minimum absolute atomic E-state index is 0.0180. The average Bonchev–Trinajstić information content (AvgIpc) is 3.73. The summed E-state index contributed by atoms with van der Waals surface area (Å²) in [6.45, 7) is 1.83. The normalized spacial score (nSPS) is 17.7. The number of rotatable bonds is 6. The van der Waals surface area contributed by atoms with E-state index in [1.807, 2.05) is 7.05 Å². The predicted molar refractivity (Wildman–Crippen MR) is 148 cm³/mol. The standard InChI is InChI=1S/C29H28F4N8O2/c1-39-11-21(29(31,32)33)37-25(39)18-7-4-16(8-19(18)30)10-41-26-20(40(2)12-28(41)13-43-14-28)9-34-24(38-26)22-23(17-5-6-17)35-15-36-27(22)42-3/h4,7-9,11,15,17H,5-6,10,12-14H2,1-3H3. The molecule has 1 spiro atoms. The molecule has 14 heteroatoms. The zero-order valence-electron chi connectivity index (χ0n) is 23.7. The lowest BCUT2D eigenvalue weighted by molar-refractivity contribution is -0.140. The molecule has 0 N–H and O–H groups in total. The van der Waals surface area contributed by atoms with Gasteiger partial charge in [0, 0.05) is 39.3 Å². The Balaban J connectivity index is 1.28. The summed E-state index contributed by atoms with van der Waals surface area (Å²) in [7, 11) is 4.93. The van der Waals surface area contributed by atoms with Crippen LogP contribution in [0.5, 0.6) is 5.88 Å². The molecule has 0 amide bonds. The first kappa shape index (κ1) is 27.5. The second-order valence-corrected chi connectivity index (χ2v) is 11.4. The van der Waals surface area contributed by atoms with E-state index >= 15 is 4.39 Å². The van der Waals surface area contributed by atoms with E-state index in [0.29, 0.717) is 54.3 Å². The molecule has 1 aromatic carbocycles. The van der Waals surface area contributed by atoms with Crippen LogP contribution in [0.15, 0.2) is 36.9 Å². The van der Waals surface area contributed by atoms with E-state index in [9.17, 15) is 13.2 Å². The number of nitrogens with zero attached hydrogens (tertiary/aromatic N) is 8. The number of halogens is 4. The Labute approximate surface area is 244 Å². The van der Waals surface area contributed by atoms with Crippen molar-refractivity contribution >= 4 is 11.5 Å². The van der Waals surface area contributed by atoms with Crippen molar-refractivity contribution in [2.45, 2.75) is 37.0 Å². The van der Waals surface area contributed by atoms with E-state index in [-0.39, 0.29) is 17.9 Å². The number of anilines is 2. The third kappa shape index (κ3) is 4.64. The van der Waals surface area contributed by atoms with E-state index < -0.39 is 23.2 Å². The summed E-state index contributed by atoms with van der Waals surface area (Å²) in [5.41, 5.74) is 1.42. The molecular formula is C29H28F4N8O2. The van der Waals surface area contributed by atoms with Crippen LogP contribution in [0.3, 0.4) is 0 Å². The van der Waals surface area contributed by atoms with Crippen LogP contribution in [0.4, 0.5) is 29.1 Å². The van der Waals surface area contributed by atoms with Crippen molar-refractivity contribution in [2.75, 3.05) is 43.7 Å². The number of methoxy groups -OCH3 is 1. The van der Waals surface area contributed by atoms with Gasteiger partial charge >= 0.3 is 6.18 Å². The van der Waals surface area contributed by atoms with E-state index in [4.69, 9.17) is 19.4 Å². The third-order valence-corrected chi connectivity index (χ3v) is 8.27. The van der Waals surface area contributed by atoms with Gasteiger partial charge in [-0.15, -0.1) is 0 Å². The molecule has 3 aliphatic rings. The number of alkyl halides is 3. The van der Waals surface area contributed by atoms with Crippen LogP contribution >= 0.6 is 0 Å². The molecule has 1 saturated heterocycles. The Bertz CT molecular complexity index is 1720. The van der Waals surface area contributed by atoms with E-state index in [0.717, 1.165) is 30.4 Å². The minimum atomic E-state index is -4.63. The molecule has 224 valence electrons. The SMILES string of the molecule is COc1ncnc(C2CC2)c1-c1ncc2c(n1)N(Cc1ccc(-c3nc(C(F)(F)F)cn3C)c(F)c1)C1(COC1)CN2C. The van der Waals surface area contributed by atoms with Gasteiger partial charge in [-0.2, -0.15) is 13.2 Å². The highest BCUT2D eigenvalue weighted by Crippen LogP contribution is 2.47. The molecule has 0 unspecified atom stereocenters. The summed E-state index contributed by atoms with van der Waals surface area (Å²) >= 11 is 0. The maximum absolute atomic E-state index is 15.5. The number of hydrogen-bond acceptors (Lipinski definition) is 9. The second-order valence-electron chi connectivity index (χ2n) is 11.4. The van der Waals surface area contributed by atoms with Gasteiger partial charge in [0.1, 0.15) is 29.1 Å². The lowest BCUT2D eigenvalue weighted by Crippen LogP contribution is -2.69. The fourth-order valence-corrected chi connectivity index (χ4v) is 5.91. The lowest BCUT2D eigenvalue weighted by Gasteiger charge is -2.55. The van der Waals surface area contributed by atoms with Crippen molar-refractivity contribution in [3.63, 3.8) is 0 Å². The monoisotopic (exact) mass is 596 g/mol. The number of benzene rings is 1. The van der Waals surface area contributed by atoms with Crippen molar-refractivity contribution in [3.8, 4) is 28.7 Å². The van der Waals surface area contributed by atoms with Gasteiger partial charge in [-0.1, -0.05) is 6.07 Å². The number of imidazole rings is 1. The molecule has 2 aliphatic heterocycles. The maximum atomic E-state index is 15.5. The van der Waals surface area contributed by atoms with Crippen LogP contribution in [-0.2, 0) is 24.5 Å². The van der Waals surface area contributed by atoms with Gasteiger partial charge in [0.25, 0.3) is 0 Å².